The van der Waals surface area contributed by atoms with E-state index >= 15 is 0 Å². The van der Waals surface area contributed by atoms with Gasteiger partial charge in [-0.2, -0.15) is 5.10 Å². The standard InChI is InChI=1S/C9H17N3O2S/c1-7(2)9-8(10)6-12(11-9)4-5-15(3,13)14/h6-7H,4-5,10H2,1-3H3. The molecule has 0 atom stereocenters. The zero-order chi connectivity index (χ0) is 11.6. The van der Waals surface area contributed by atoms with E-state index in [2.05, 4.69) is 5.10 Å². The second kappa shape index (κ2) is 4.22. The molecular weight excluding hydrogens is 214 g/mol. The molecule has 0 radical (unpaired) electrons. The average molecular weight is 231 g/mol. The lowest BCUT2D eigenvalue weighted by molar-refractivity contribution is 0.582. The fourth-order valence-electron chi connectivity index (χ4n) is 1.27. The number of nitrogens with two attached hydrogens (primary N) is 1. The first-order valence-electron chi connectivity index (χ1n) is 4.80. The lowest BCUT2D eigenvalue weighted by Gasteiger charge is -2.01. The molecule has 0 aliphatic heterocycles. The quantitative estimate of drug-likeness (QED) is 0.824. The molecule has 0 amide bonds. The second-order valence-electron chi connectivity index (χ2n) is 4.02. The fourth-order valence-corrected chi connectivity index (χ4v) is 1.79. The van der Waals surface area contributed by atoms with Crippen LogP contribution >= 0.6 is 0 Å². The average Bonchev–Trinajstić information content (AvgIpc) is 2.42. The molecule has 86 valence electrons. The number of nitrogen functional groups attached to an aromatic ring is 1. The highest BCUT2D eigenvalue weighted by molar-refractivity contribution is 7.90. The third-order valence-corrected chi connectivity index (χ3v) is 2.98. The zero-order valence-corrected chi connectivity index (χ0v) is 10.1. The largest absolute Gasteiger partial charge is 0.396 e. The van der Waals surface area contributed by atoms with Gasteiger partial charge in [-0.3, -0.25) is 4.68 Å². The third-order valence-electron chi connectivity index (χ3n) is 2.06. The third kappa shape index (κ3) is 3.54. The molecule has 0 aromatic carbocycles. The van der Waals surface area contributed by atoms with Crippen molar-refractivity contribution < 1.29 is 8.42 Å². The monoisotopic (exact) mass is 231 g/mol. The highest BCUT2D eigenvalue weighted by atomic mass is 32.2. The molecule has 1 heterocycles. The maximum absolute atomic E-state index is 11.0. The van der Waals surface area contributed by atoms with Crippen molar-refractivity contribution in [2.75, 3.05) is 17.7 Å². The predicted molar refractivity (Wildman–Crippen MR) is 60.4 cm³/mol. The van der Waals surface area contributed by atoms with Crippen molar-refractivity contribution in [1.82, 2.24) is 9.78 Å². The van der Waals surface area contributed by atoms with Gasteiger partial charge in [0.15, 0.2) is 0 Å². The molecule has 1 aromatic rings. The lowest BCUT2D eigenvalue weighted by atomic mass is 10.1. The molecule has 2 N–H and O–H groups in total. The number of hydrogen-bond donors (Lipinski definition) is 1. The van der Waals surface area contributed by atoms with Crippen molar-refractivity contribution in [1.29, 1.82) is 0 Å². The molecule has 0 saturated carbocycles. The topological polar surface area (TPSA) is 78.0 Å². The van der Waals surface area contributed by atoms with Crippen molar-refractivity contribution in [3.8, 4) is 0 Å². The van der Waals surface area contributed by atoms with Crippen LogP contribution in [0.3, 0.4) is 0 Å². The van der Waals surface area contributed by atoms with Gasteiger partial charge in [-0.15, -0.1) is 0 Å². The molecule has 0 unspecified atom stereocenters. The highest BCUT2D eigenvalue weighted by Crippen LogP contribution is 2.18. The van der Waals surface area contributed by atoms with Crippen molar-refractivity contribution in [2.24, 2.45) is 0 Å². The Kier molecular flexibility index (Phi) is 3.38. The van der Waals surface area contributed by atoms with Crippen molar-refractivity contribution in [2.45, 2.75) is 26.3 Å². The Morgan fingerprint density at radius 2 is 2.13 bits per heavy atom. The Balaban J connectivity index is 2.76. The highest BCUT2D eigenvalue weighted by Gasteiger charge is 2.10. The summed E-state index contributed by atoms with van der Waals surface area (Å²) in [5, 5.41) is 4.24. The van der Waals surface area contributed by atoms with Crippen molar-refractivity contribution >= 4 is 15.5 Å². The van der Waals surface area contributed by atoms with Crippen LogP contribution in [0.25, 0.3) is 0 Å². The first-order chi connectivity index (χ1) is 6.79. The second-order valence-corrected chi connectivity index (χ2v) is 6.28. The van der Waals surface area contributed by atoms with Crippen LogP contribution in [-0.4, -0.2) is 30.2 Å². The summed E-state index contributed by atoms with van der Waals surface area (Å²) in [4.78, 5) is 0. The maximum atomic E-state index is 11.0. The minimum Gasteiger partial charge on any atom is -0.396 e. The van der Waals surface area contributed by atoms with Crippen LogP contribution in [0.15, 0.2) is 6.20 Å². The molecule has 0 aliphatic rings. The van der Waals surface area contributed by atoms with Crippen LogP contribution in [-0.2, 0) is 16.4 Å². The summed E-state index contributed by atoms with van der Waals surface area (Å²) in [6.07, 6.45) is 2.89. The van der Waals surface area contributed by atoms with Crippen LogP contribution in [0.2, 0.25) is 0 Å². The molecule has 15 heavy (non-hydrogen) atoms. The Morgan fingerprint density at radius 1 is 1.53 bits per heavy atom. The lowest BCUT2D eigenvalue weighted by Crippen LogP contribution is -2.11. The van der Waals surface area contributed by atoms with E-state index < -0.39 is 9.84 Å². The maximum Gasteiger partial charge on any atom is 0.149 e. The molecule has 6 heteroatoms. The summed E-state index contributed by atoms with van der Waals surface area (Å²) in [6.45, 7) is 4.36. The first-order valence-corrected chi connectivity index (χ1v) is 6.86. The van der Waals surface area contributed by atoms with Gasteiger partial charge in [0.1, 0.15) is 9.84 Å². The van der Waals surface area contributed by atoms with Crippen LogP contribution in [0.4, 0.5) is 5.69 Å². The molecule has 0 saturated heterocycles. The summed E-state index contributed by atoms with van der Waals surface area (Å²) < 4.78 is 23.5. The van der Waals surface area contributed by atoms with Gasteiger partial charge in [0.25, 0.3) is 0 Å². The van der Waals surface area contributed by atoms with E-state index in [0.29, 0.717) is 12.2 Å². The molecule has 0 fully saturated rings. The van der Waals surface area contributed by atoms with Gasteiger partial charge in [0.05, 0.1) is 23.7 Å². The zero-order valence-electron chi connectivity index (χ0n) is 9.27. The number of nitrogens with zero attached hydrogens (tertiary/aromatic N) is 2. The summed E-state index contributed by atoms with van der Waals surface area (Å²) >= 11 is 0. The van der Waals surface area contributed by atoms with E-state index in [0.717, 1.165) is 5.69 Å². The van der Waals surface area contributed by atoms with Gasteiger partial charge in [-0.25, -0.2) is 8.42 Å². The van der Waals surface area contributed by atoms with Crippen LogP contribution < -0.4 is 5.73 Å². The number of aryl methyl sites for hydroxylation is 1. The number of anilines is 1. The van der Waals surface area contributed by atoms with Gasteiger partial charge >= 0.3 is 0 Å². The van der Waals surface area contributed by atoms with E-state index in [1.54, 1.807) is 10.9 Å². The van der Waals surface area contributed by atoms with E-state index in [1.807, 2.05) is 13.8 Å². The fraction of sp³-hybridized carbons (Fsp3) is 0.667. The normalized spacial score (nSPS) is 12.3. The molecule has 0 aliphatic carbocycles. The summed E-state index contributed by atoms with van der Waals surface area (Å²) in [5.74, 6) is 0.343. The van der Waals surface area contributed by atoms with Gasteiger partial charge in [-0.1, -0.05) is 13.8 Å². The Hall–Kier alpha value is -1.04. The number of aromatic nitrogens is 2. The Bertz CT molecular complexity index is 434. The summed E-state index contributed by atoms with van der Waals surface area (Å²) in [6, 6.07) is 0. The molecule has 1 rings (SSSR count). The summed E-state index contributed by atoms with van der Waals surface area (Å²) in [7, 11) is -2.95. The van der Waals surface area contributed by atoms with E-state index in [-0.39, 0.29) is 11.7 Å². The van der Waals surface area contributed by atoms with Crippen molar-refractivity contribution in [3.63, 3.8) is 0 Å². The Morgan fingerprint density at radius 3 is 2.53 bits per heavy atom. The minimum atomic E-state index is -2.95. The molecule has 1 aromatic heterocycles. The van der Waals surface area contributed by atoms with E-state index in [1.165, 1.54) is 6.26 Å². The SMILES string of the molecule is CC(C)c1nn(CCS(C)(=O)=O)cc1N. The predicted octanol–water partition coefficient (Wildman–Crippen LogP) is 0.633. The molecule has 5 nitrogen and oxygen atoms in total. The number of rotatable bonds is 4. The molecule has 0 bridgehead atoms. The Labute approximate surface area is 90.2 Å². The number of sulfone groups is 1. The minimum absolute atomic E-state index is 0.0889. The van der Waals surface area contributed by atoms with Crippen molar-refractivity contribution in [3.05, 3.63) is 11.9 Å². The van der Waals surface area contributed by atoms with Gasteiger partial charge < -0.3 is 5.73 Å². The molecule has 0 spiro atoms. The first kappa shape index (κ1) is 12.0. The number of hydrogen-bond acceptors (Lipinski definition) is 4. The van der Waals surface area contributed by atoms with E-state index in [4.69, 9.17) is 5.73 Å². The van der Waals surface area contributed by atoms with Gasteiger partial charge in [0.2, 0.25) is 0 Å². The van der Waals surface area contributed by atoms with Crippen LogP contribution in [0.5, 0.6) is 0 Å². The van der Waals surface area contributed by atoms with Crippen LogP contribution in [0.1, 0.15) is 25.5 Å². The van der Waals surface area contributed by atoms with Gasteiger partial charge in [-0.05, 0) is 5.92 Å². The van der Waals surface area contributed by atoms with E-state index in [9.17, 15) is 8.42 Å². The smallest absolute Gasteiger partial charge is 0.149 e. The van der Waals surface area contributed by atoms with Crippen LogP contribution in [0, 0.1) is 0 Å². The molecular formula is C9H17N3O2S. The summed E-state index contributed by atoms with van der Waals surface area (Å²) in [5.41, 5.74) is 7.20. The van der Waals surface area contributed by atoms with Gasteiger partial charge in [0, 0.05) is 12.5 Å².